The van der Waals surface area contributed by atoms with Gasteiger partial charge in [0.05, 0.1) is 5.56 Å². The van der Waals surface area contributed by atoms with E-state index < -0.39 is 0 Å². The van der Waals surface area contributed by atoms with Crippen LogP contribution in [0, 0.1) is 0 Å². The minimum Gasteiger partial charge on any atom is -0.436 e. The van der Waals surface area contributed by atoms with Crippen molar-refractivity contribution >= 4 is 38.6 Å². The molecule has 4 heteroatoms. The molecule has 2 nitrogen and oxygen atoms in total. The van der Waals surface area contributed by atoms with E-state index in [0.717, 1.165) is 32.3 Å². The fraction of sp³-hybridized carbons (Fsp3) is 0. The van der Waals surface area contributed by atoms with Crippen LogP contribution in [0.4, 0.5) is 0 Å². The Morgan fingerprint density at radius 2 is 1.70 bits per heavy atom. The van der Waals surface area contributed by atoms with Crippen LogP contribution >= 0.6 is 27.5 Å². The molecule has 0 aliphatic rings. The number of halogens is 2. The highest BCUT2D eigenvalue weighted by Gasteiger charge is 2.12. The standard InChI is InChI=1S/C19H11BrClNO/c20-16-11-14(21)7-8-15(16)19-22-17-10-13(6-9-18(17)23-19)12-4-2-1-3-5-12/h1-11H. The lowest BCUT2D eigenvalue weighted by Crippen LogP contribution is -1.80. The van der Waals surface area contributed by atoms with Crippen molar-refractivity contribution in [1.29, 1.82) is 0 Å². The first kappa shape index (κ1) is 14.5. The van der Waals surface area contributed by atoms with Gasteiger partial charge in [-0.25, -0.2) is 4.98 Å². The number of rotatable bonds is 2. The van der Waals surface area contributed by atoms with Gasteiger partial charge in [0.2, 0.25) is 5.89 Å². The number of fused-ring (bicyclic) bond motifs is 1. The van der Waals surface area contributed by atoms with Crippen molar-refractivity contribution < 1.29 is 4.42 Å². The van der Waals surface area contributed by atoms with Crippen LogP contribution in [-0.2, 0) is 0 Å². The summed E-state index contributed by atoms with van der Waals surface area (Å²) >= 11 is 9.50. The molecule has 0 N–H and O–H groups in total. The molecular formula is C19H11BrClNO. The van der Waals surface area contributed by atoms with Crippen molar-refractivity contribution in [2.45, 2.75) is 0 Å². The monoisotopic (exact) mass is 383 g/mol. The Morgan fingerprint density at radius 1 is 0.870 bits per heavy atom. The molecule has 4 aromatic rings. The summed E-state index contributed by atoms with van der Waals surface area (Å²) in [6, 6.07) is 21.8. The van der Waals surface area contributed by atoms with Gasteiger partial charge in [0.15, 0.2) is 5.58 Å². The average Bonchev–Trinajstić information content (AvgIpc) is 2.98. The van der Waals surface area contributed by atoms with Gasteiger partial charge in [-0.15, -0.1) is 0 Å². The number of benzene rings is 3. The highest BCUT2D eigenvalue weighted by molar-refractivity contribution is 9.10. The van der Waals surface area contributed by atoms with E-state index in [-0.39, 0.29) is 0 Å². The smallest absolute Gasteiger partial charge is 0.228 e. The summed E-state index contributed by atoms with van der Waals surface area (Å²) in [5.74, 6) is 0.578. The summed E-state index contributed by atoms with van der Waals surface area (Å²) < 4.78 is 6.74. The molecule has 0 fully saturated rings. The fourth-order valence-corrected chi connectivity index (χ4v) is 3.37. The third-order valence-electron chi connectivity index (χ3n) is 3.66. The molecule has 0 bridgehead atoms. The van der Waals surface area contributed by atoms with Gasteiger partial charge in [-0.2, -0.15) is 0 Å². The summed E-state index contributed by atoms with van der Waals surface area (Å²) in [7, 11) is 0. The fourth-order valence-electron chi connectivity index (χ4n) is 2.52. The Hall–Kier alpha value is -2.10. The highest BCUT2D eigenvalue weighted by atomic mass is 79.9. The SMILES string of the molecule is Clc1ccc(-c2nc3cc(-c4ccccc4)ccc3o2)c(Br)c1. The van der Waals surface area contributed by atoms with E-state index in [9.17, 15) is 0 Å². The van der Waals surface area contributed by atoms with Crippen LogP contribution in [0.1, 0.15) is 0 Å². The van der Waals surface area contributed by atoms with Crippen molar-refractivity contribution in [3.63, 3.8) is 0 Å². The molecule has 112 valence electrons. The predicted molar refractivity (Wildman–Crippen MR) is 97.6 cm³/mol. The van der Waals surface area contributed by atoms with E-state index in [2.05, 4.69) is 33.0 Å². The normalized spacial score (nSPS) is 11.0. The molecule has 23 heavy (non-hydrogen) atoms. The first-order valence-corrected chi connectivity index (χ1v) is 8.29. The molecule has 0 amide bonds. The quantitative estimate of drug-likeness (QED) is 0.390. The molecule has 0 aliphatic heterocycles. The maximum atomic E-state index is 5.99. The molecule has 0 spiro atoms. The molecule has 0 saturated heterocycles. The van der Waals surface area contributed by atoms with Crippen molar-refractivity contribution in [3.8, 4) is 22.6 Å². The van der Waals surface area contributed by atoms with Gasteiger partial charge >= 0.3 is 0 Å². The second-order valence-corrected chi connectivity index (χ2v) is 6.48. The summed E-state index contributed by atoms with van der Waals surface area (Å²) in [5, 5.41) is 0.670. The van der Waals surface area contributed by atoms with Gasteiger partial charge in [-0.1, -0.05) is 48.0 Å². The number of oxazole rings is 1. The van der Waals surface area contributed by atoms with Gasteiger partial charge < -0.3 is 4.42 Å². The Kier molecular flexibility index (Phi) is 3.68. The third kappa shape index (κ3) is 2.78. The first-order valence-electron chi connectivity index (χ1n) is 7.12. The number of nitrogens with zero attached hydrogens (tertiary/aromatic N) is 1. The maximum Gasteiger partial charge on any atom is 0.228 e. The molecule has 0 aliphatic carbocycles. The zero-order chi connectivity index (χ0) is 15.8. The third-order valence-corrected chi connectivity index (χ3v) is 4.55. The van der Waals surface area contributed by atoms with Crippen LogP contribution in [0.25, 0.3) is 33.7 Å². The van der Waals surface area contributed by atoms with Crippen molar-refractivity contribution in [3.05, 3.63) is 76.2 Å². The summed E-state index contributed by atoms with van der Waals surface area (Å²) in [4.78, 5) is 4.62. The highest BCUT2D eigenvalue weighted by Crippen LogP contribution is 2.33. The van der Waals surface area contributed by atoms with E-state index in [0.29, 0.717) is 10.9 Å². The Balaban J connectivity index is 1.82. The number of hydrogen-bond donors (Lipinski definition) is 0. The lowest BCUT2D eigenvalue weighted by atomic mass is 10.1. The number of hydrogen-bond acceptors (Lipinski definition) is 2. The number of aromatic nitrogens is 1. The second kappa shape index (κ2) is 5.84. The van der Waals surface area contributed by atoms with E-state index in [1.165, 1.54) is 0 Å². The molecule has 0 unspecified atom stereocenters. The van der Waals surface area contributed by atoms with Crippen LogP contribution in [0.2, 0.25) is 5.02 Å². The topological polar surface area (TPSA) is 26.0 Å². The van der Waals surface area contributed by atoms with Crippen LogP contribution < -0.4 is 0 Å². The molecular weight excluding hydrogens is 374 g/mol. The zero-order valence-electron chi connectivity index (χ0n) is 12.0. The lowest BCUT2D eigenvalue weighted by molar-refractivity contribution is 0.619. The van der Waals surface area contributed by atoms with Crippen LogP contribution in [0.3, 0.4) is 0 Å². The van der Waals surface area contributed by atoms with E-state index >= 15 is 0 Å². The lowest BCUT2D eigenvalue weighted by Gasteiger charge is -1.99. The molecule has 1 heterocycles. The first-order chi connectivity index (χ1) is 11.2. The molecule has 0 radical (unpaired) electrons. The second-order valence-electron chi connectivity index (χ2n) is 5.19. The van der Waals surface area contributed by atoms with Crippen LogP contribution in [0.15, 0.2) is 75.6 Å². The van der Waals surface area contributed by atoms with Gasteiger partial charge in [0.25, 0.3) is 0 Å². The predicted octanol–water partition coefficient (Wildman–Crippen LogP) is 6.58. The molecule has 4 rings (SSSR count). The van der Waals surface area contributed by atoms with E-state index in [1.807, 2.05) is 54.6 Å². The van der Waals surface area contributed by atoms with Gasteiger partial charge in [0.1, 0.15) is 5.52 Å². The minimum atomic E-state index is 0.578. The molecule has 0 atom stereocenters. The van der Waals surface area contributed by atoms with Crippen LogP contribution in [-0.4, -0.2) is 4.98 Å². The summed E-state index contributed by atoms with van der Waals surface area (Å²) in [5.41, 5.74) is 4.76. The van der Waals surface area contributed by atoms with Gasteiger partial charge in [0, 0.05) is 9.50 Å². The summed E-state index contributed by atoms with van der Waals surface area (Å²) in [6.07, 6.45) is 0. The van der Waals surface area contributed by atoms with Crippen molar-refractivity contribution in [1.82, 2.24) is 4.98 Å². The van der Waals surface area contributed by atoms with E-state index in [1.54, 1.807) is 0 Å². The van der Waals surface area contributed by atoms with Gasteiger partial charge in [-0.3, -0.25) is 0 Å². The maximum absolute atomic E-state index is 5.99. The van der Waals surface area contributed by atoms with Crippen LogP contribution in [0.5, 0.6) is 0 Å². The summed E-state index contributed by atoms with van der Waals surface area (Å²) in [6.45, 7) is 0. The Labute approximate surface area is 146 Å². The minimum absolute atomic E-state index is 0.578. The molecule has 0 saturated carbocycles. The molecule has 1 aromatic heterocycles. The molecule has 3 aromatic carbocycles. The largest absolute Gasteiger partial charge is 0.436 e. The van der Waals surface area contributed by atoms with Gasteiger partial charge in [-0.05, 0) is 57.4 Å². The zero-order valence-corrected chi connectivity index (χ0v) is 14.3. The Morgan fingerprint density at radius 3 is 2.48 bits per heavy atom. The average molecular weight is 385 g/mol. The van der Waals surface area contributed by atoms with Crippen molar-refractivity contribution in [2.75, 3.05) is 0 Å². The Bertz CT molecular complexity index is 995. The van der Waals surface area contributed by atoms with E-state index in [4.69, 9.17) is 16.0 Å². The van der Waals surface area contributed by atoms with Crippen molar-refractivity contribution in [2.24, 2.45) is 0 Å².